The molecule has 10 nitrogen and oxygen atoms in total. The molecular formula is C33H40N2O8S. The summed E-state index contributed by atoms with van der Waals surface area (Å²) in [6.07, 6.45) is 3.08. The van der Waals surface area contributed by atoms with E-state index in [2.05, 4.69) is 35.8 Å². The smallest absolute Gasteiger partial charge is 0.320 e. The van der Waals surface area contributed by atoms with Crippen LogP contribution in [0.1, 0.15) is 64.0 Å². The summed E-state index contributed by atoms with van der Waals surface area (Å²) < 4.78 is 35.0. The number of carboxylic acid groups (broad SMARTS) is 1. The van der Waals surface area contributed by atoms with Crippen molar-refractivity contribution in [2.75, 3.05) is 13.1 Å². The molecule has 1 heterocycles. The number of ether oxygens (including phenoxy) is 1. The van der Waals surface area contributed by atoms with Crippen LogP contribution in [0, 0.1) is 20.8 Å². The number of aliphatic carboxylic acids is 1. The van der Waals surface area contributed by atoms with E-state index in [1.54, 1.807) is 12.1 Å². The Morgan fingerprint density at radius 3 is 2.09 bits per heavy atom. The molecule has 0 radical (unpaired) electrons. The number of hydrogen-bond donors (Lipinski definition) is 5. The summed E-state index contributed by atoms with van der Waals surface area (Å²) in [6.45, 7) is 6.14. The summed E-state index contributed by atoms with van der Waals surface area (Å²) in [5, 5.41) is 25.0. The lowest BCUT2D eigenvalue weighted by atomic mass is 9.84. The van der Waals surface area contributed by atoms with Crippen molar-refractivity contribution in [3.8, 4) is 0 Å². The van der Waals surface area contributed by atoms with Crippen LogP contribution >= 0.6 is 0 Å². The van der Waals surface area contributed by atoms with E-state index in [1.165, 1.54) is 28.8 Å². The van der Waals surface area contributed by atoms with Crippen molar-refractivity contribution in [1.29, 1.82) is 0 Å². The van der Waals surface area contributed by atoms with Crippen LogP contribution in [0.2, 0.25) is 0 Å². The molecule has 1 aliphatic heterocycles. The van der Waals surface area contributed by atoms with Gasteiger partial charge in [0, 0.05) is 12.1 Å². The molecular weight excluding hydrogens is 584 g/mol. The molecule has 3 aromatic rings. The quantitative estimate of drug-likeness (QED) is 0.213. The Bertz CT molecular complexity index is 1590. The van der Waals surface area contributed by atoms with Crippen LogP contribution in [0.25, 0.3) is 0 Å². The van der Waals surface area contributed by atoms with E-state index >= 15 is 0 Å². The number of aryl methyl sites for hydroxylation is 5. The van der Waals surface area contributed by atoms with Crippen molar-refractivity contribution in [2.45, 2.75) is 75.6 Å². The van der Waals surface area contributed by atoms with Crippen LogP contribution in [-0.4, -0.2) is 60.3 Å². The molecule has 11 heteroatoms. The van der Waals surface area contributed by atoms with Gasteiger partial charge in [-0.15, -0.1) is 0 Å². The van der Waals surface area contributed by atoms with Gasteiger partial charge in [-0.25, -0.2) is 0 Å². The second-order valence-electron chi connectivity index (χ2n) is 11.5. The SMILES string of the molecule is Cc1ccc(S(=O)(=O)O)cc1.Cc1ccc2c(c1)[C@@H](O)[C@H](NCC(=O)O)CC2.Cc1ccc2c(c1)[C@H]1OC(=O)CN[C@@H]1CC2. The first kappa shape index (κ1) is 33.3. The van der Waals surface area contributed by atoms with Crippen molar-refractivity contribution in [3.63, 3.8) is 0 Å². The van der Waals surface area contributed by atoms with Gasteiger partial charge in [-0.1, -0.05) is 65.2 Å². The molecule has 0 amide bonds. The Balaban J connectivity index is 0.000000154. The molecule has 0 saturated carbocycles. The van der Waals surface area contributed by atoms with Crippen LogP contribution in [0.3, 0.4) is 0 Å². The maximum absolute atomic E-state index is 11.3. The van der Waals surface area contributed by atoms with Crippen molar-refractivity contribution >= 4 is 22.1 Å². The van der Waals surface area contributed by atoms with E-state index in [9.17, 15) is 23.1 Å². The summed E-state index contributed by atoms with van der Waals surface area (Å²) in [5.41, 5.74) is 7.90. The lowest BCUT2D eigenvalue weighted by molar-refractivity contribution is -0.156. The number of morpholine rings is 1. The number of benzene rings is 3. The number of esters is 1. The Morgan fingerprint density at radius 2 is 1.48 bits per heavy atom. The zero-order chi connectivity index (χ0) is 32.0. The van der Waals surface area contributed by atoms with Crippen molar-refractivity contribution in [3.05, 3.63) is 99.6 Å². The molecule has 6 rings (SSSR count). The van der Waals surface area contributed by atoms with Crippen LogP contribution < -0.4 is 10.6 Å². The Morgan fingerprint density at radius 1 is 0.909 bits per heavy atom. The summed E-state index contributed by atoms with van der Waals surface area (Å²) in [4.78, 5) is 21.8. The van der Waals surface area contributed by atoms with E-state index in [0.29, 0.717) is 12.6 Å². The molecule has 3 aromatic carbocycles. The summed E-state index contributed by atoms with van der Waals surface area (Å²) in [7, 11) is -4.02. The Hall–Kier alpha value is -3.61. The zero-order valence-corrected chi connectivity index (χ0v) is 25.9. The van der Waals surface area contributed by atoms with Gasteiger partial charge in [-0.3, -0.25) is 14.1 Å². The number of aliphatic hydroxyl groups excluding tert-OH is 1. The molecule has 5 N–H and O–H groups in total. The summed E-state index contributed by atoms with van der Waals surface area (Å²) in [5.74, 6) is -1.04. The van der Waals surface area contributed by atoms with Gasteiger partial charge in [-0.2, -0.15) is 8.42 Å². The average Bonchev–Trinajstić information content (AvgIpc) is 2.97. The molecule has 0 aromatic heterocycles. The van der Waals surface area contributed by atoms with E-state index in [-0.39, 0.29) is 29.6 Å². The first-order chi connectivity index (χ1) is 20.8. The minimum absolute atomic E-state index is 0.0666. The van der Waals surface area contributed by atoms with E-state index in [0.717, 1.165) is 47.9 Å². The van der Waals surface area contributed by atoms with Gasteiger partial charge >= 0.3 is 11.9 Å². The number of nitrogens with one attached hydrogen (secondary N) is 2. The fraction of sp³-hybridized carbons (Fsp3) is 0.394. The van der Waals surface area contributed by atoms with Crippen LogP contribution in [0.15, 0.2) is 65.6 Å². The monoisotopic (exact) mass is 624 g/mol. The van der Waals surface area contributed by atoms with Crippen molar-refractivity contribution < 1.29 is 37.5 Å². The highest BCUT2D eigenvalue weighted by atomic mass is 32.2. The molecule has 0 bridgehead atoms. The normalized spacial score (nSPS) is 22.0. The lowest BCUT2D eigenvalue weighted by Gasteiger charge is -2.37. The predicted molar refractivity (Wildman–Crippen MR) is 165 cm³/mol. The average molecular weight is 625 g/mol. The van der Waals surface area contributed by atoms with Crippen LogP contribution in [0.5, 0.6) is 0 Å². The summed E-state index contributed by atoms with van der Waals surface area (Å²) in [6, 6.07) is 18.6. The van der Waals surface area contributed by atoms with Gasteiger partial charge in [0.15, 0.2) is 0 Å². The molecule has 1 fully saturated rings. The minimum atomic E-state index is -4.02. The molecule has 0 spiro atoms. The van der Waals surface area contributed by atoms with Gasteiger partial charge < -0.3 is 25.6 Å². The van der Waals surface area contributed by atoms with E-state index in [4.69, 9.17) is 14.4 Å². The molecule has 2 aliphatic carbocycles. The highest BCUT2D eigenvalue weighted by molar-refractivity contribution is 7.85. The van der Waals surface area contributed by atoms with Gasteiger partial charge in [0.05, 0.1) is 24.1 Å². The van der Waals surface area contributed by atoms with Crippen molar-refractivity contribution in [2.24, 2.45) is 0 Å². The molecule has 1 saturated heterocycles. The first-order valence-electron chi connectivity index (χ1n) is 14.6. The topological polar surface area (TPSA) is 162 Å². The van der Waals surface area contributed by atoms with Gasteiger partial charge in [-0.05, 0) is 80.8 Å². The number of rotatable bonds is 4. The predicted octanol–water partition coefficient (Wildman–Crippen LogP) is 3.76. The number of carbonyl (C=O) groups is 2. The van der Waals surface area contributed by atoms with Crippen molar-refractivity contribution in [1.82, 2.24) is 10.6 Å². The molecule has 236 valence electrons. The molecule has 44 heavy (non-hydrogen) atoms. The second-order valence-corrected chi connectivity index (χ2v) is 12.9. The second kappa shape index (κ2) is 14.4. The lowest BCUT2D eigenvalue weighted by Crippen LogP contribution is -2.48. The first-order valence-corrected chi connectivity index (χ1v) is 16.0. The third-order valence-electron chi connectivity index (χ3n) is 8.03. The number of carbonyl (C=O) groups excluding carboxylic acids is 1. The summed E-state index contributed by atoms with van der Waals surface area (Å²) >= 11 is 0. The Labute approximate surface area is 258 Å². The highest BCUT2D eigenvalue weighted by Crippen LogP contribution is 2.35. The molecule has 0 unspecified atom stereocenters. The zero-order valence-electron chi connectivity index (χ0n) is 25.1. The molecule has 4 atom stereocenters. The van der Waals surface area contributed by atoms with E-state index in [1.807, 2.05) is 32.0 Å². The van der Waals surface area contributed by atoms with E-state index < -0.39 is 22.2 Å². The number of fused-ring (bicyclic) bond motifs is 4. The van der Waals surface area contributed by atoms with Crippen LogP contribution in [-0.2, 0) is 37.3 Å². The Kier molecular flexibility index (Phi) is 10.9. The highest BCUT2D eigenvalue weighted by Gasteiger charge is 2.35. The third-order valence-corrected chi connectivity index (χ3v) is 8.89. The van der Waals surface area contributed by atoms with Gasteiger partial charge in [0.25, 0.3) is 10.1 Å². The van der Waals surface area contributed by atoms with Gasteiger partial charge in [0.1, 0.15) is 6.10 Å². The molecule has 3 aliphatic rings. The third kappa shape index (κ3) is 8.73. The number of hydrogen-bond acceptors (Lipinski definition) is 8. The van der Waals surface area contributed by atoms with Gasteiger partial charge in [0.2, 0.25) is 0 Å². The number of carboxylic acids is 1. The largest absolute Gasteiger partial charge is 0.480 e. The standard InChI is InChI=1S/C13H17NO3.C13H15NO2.C7H8O3S/c1-8-2-3-9-4-5-11(14-7-12(15)16)13(17)10(9)6-8;1-8-2-3-9-4-5-11-13(10(9)6-8)16-12(15)7-14-11;1-6-2-4-7(5-3-6)11(8,9)10/h2-3,6,11,13-14,17H,4-5,7H2,1H3,(H,15,16);2-3,6,11,13-14H,4-5,7H2,1H3;2-5H,1H3,(H,8,9,10)/t2*11-,13-;/m11./s1. The van der Waals surface area contributed by atoms with Crippen LogP contribution in [0.4, 0.5) is 0 Å². The maximum Gasteiger partial charge on any atom is 0.320 e. The maximum atomic E-state index is 11.3. The number of aliphatic hydroxyl groups is 1. The fourth-order valence-electron chi connectivity index (χ4n) is 5.68. The minimum Gasteiger partial charge on any atom is -0.480 e. The fourth-order valence-corrected chi connectivity index (χ4v) is 6.16.